The molecule has 8 heteroatoms. The molecule has 0 aliphatic carbocycles. The number of nitrogens with one attached hydrogen (secondary N) is 1. The summed E-state index contributed by atoms with van der Waals surface area (Å²) in [6, 6.07) is 8.39. The second kappa shape index (κ2) is 6.52. The Bertz CT molecular complexity index is 677. The van der Waals surface area contributed by atoms with Crippen molar-refractivity contribution in [3.8, 4) is 0 Å². The predicted molar refractivity (Wildman–Crippen MR) is 64.9 cm³/mol. The minimum atomic E-state index is -2.34. The molecular formula is C14H8F5NO2. The number of halogens is 5. The van der Waals surface area contributed by atoms with Gasteiger partial charge in [0.25, 0.3) is 5.91 Å². The molecule has 0 saturated carbocycles. The zero-order valence-corrected chi connectivity index (χ0v) is 10.8. The van der Waals surface area contributed by atoms with Gasteiger partial charge in [0.2, 0.25) is 5.82 Å². The summed E-state index contributed by atoms with van der Waals surface area (Å²) in [5.74, 6) is -12.8. The summed E-state index contributed by atoms with van der Waals surface area (Å²) >= 11 is 0. The lowest BCUT2D eigenvalue weighted by atomic mass is 10.1. The van der Waals surface area contributed by atoms with Gasteiger partial charge in [0, 0.05) is 0 Å². The summed E-state index contributed by atoms with van der Waals surface area (Å²) in [6.07, 6.45) is 0. The van der Waals surface area contributed by atoms with Crippen LogP contribution in [-0.2, 0) is 11.4 Å². The van der Waals surface area contributed by atoms with Crippen molar-refractivity contribution in [1.29, 1.82) is 0 Å². The molecule has 0 saturated heterocycles. The summed E-state index contributed by atoms with van der Waals surface area (Å²) in [5.41, 5.74) is 0.646. The number of hydrogen-bond donors (Lipinski definition) is 1. The van der Waals surface area contributed by atoms with E-state index in [9.17, 15) is 26.7 Å². The molecule has 2 aromatic rings. The first-order valence-corrected chi connectivity index (χ1v) is 5.91. The lowest BCUT2D eigenvalue weighted by Crippen LogP contribution is -2.27. The van der Waals surface area contributed by atoms with Crippen LogP contribution in [0.3, 0.4) is 0 Å². The van der Waals surface area contributed by atoms with Gasteiger partial charge in [-0.1, -0.05) is 30.3 Å². The zero-order valence-electron chi connectivity index (χ0n) is 10.8. The summed E-state index contributed by atoms with van der Waals surface area (Å²) in [4.78, 5) is 16.2. The third kappa shape index (κ3) is 3.06. The van der Waals surface area contributed by atoms with Gasteiger partial charge in [-0.25, -0.2) is 27.4 Å². The van der Waals surface area contributed by atoms with E-state index < -0.39 is 40.6 Å². The fourth-order valence-electron chi connectivity index (χ4n) is 1.61. The fourth-order valence-corrected chi connectivity index (χ4v) is 1.61. The van der Waals surface area contributed by atoms with Gasteiger partial charge in [-0.05, 0) is 5.56 Å². The van der Waals surface area contributed by atoms with E-state index in [4.69, 9.17) is 0 Å². The lowest BCUT2D eigenvalue weighted by molar-refractivity contribution is 0.0225. The highest BCUT2D eigenvalue weighted by Gasteiger charge is 2.29. The largest absolute Gasteiger partial charge is 0.281 e. The number of hydroxylamine groups is 1. The topological polar surface area (TPSA) is 38.3 Å². The van der Waals surface area contributed by atoms with E-state index in [1.807, 2.05) is 0 Å². The highest BCUT2D eigenvalue weighted by Crippen LogP contribution is 2.22. The second-order valence-corrected chi connectivity index (χ2v) is 4.15. The molecule has 22 heavy (non-hydrogen) atoms. The number of rotatable bonds is 4. The van der Waals surface area contributed by atoms with E-state index in [0.29, 0.717) is 5.56 Å². The monoisotopic (exact) mass is 317 g/mol. The van der Waals surface area contributed by atoms with Gasteiger partial charge in [0.15, 0.2) is 23.3 Å². The van der Waals surface area contributed by atoms with Crippen LogP contribution in [0, 0.1) is 29.1 Å². The Labute approximate surface area is 121 Å². The lowest BCUT2D eigenvalue weighted by Gasteiger charge is -2.09. The number of carbonyl (C=O) groups is 1. The molecule has 0 aliphatic rings. The Morgan fingerprint density at radius 2 is 1.36 bits per heavy atom. The van der Waals surface area contributed by atoms with Gasteiger partial charge >= 0.3 is 0 Å². The number of benzene rings is 2. The van der Waals surface area contributed by atoms with Crippen LogP contribution in [0.25, 0.3) is 0 Å². The quantitative estimate of drug-likeness (QED) is 0.407. The predicted octanol–water partition coefficient (Wildman–Crippen LogP) is 3.24. The van der Waals surface area contributed by atoms with Crippen LogP contribution in [0.1, 0.15) is 15.9 Å². The summed E-state index contributed by atoms with van der Waals surface area (Å²) in [7, 11) is 0. The third-order valence-electron chi connectivity index (χ3n) is 2.68. The van der Waals surface area contributed by atoms with Crippen molar-refractivity contribution in [1.82, 2.24) is 5.48 Å². The molecule has 0 heterocycles. The molecule has 0 atom stereocenters. The molecule has 1 amide bonds. The maximum absolute atomic E-state index is 13.4. The van der Waals surface area contributed by atoms with E-state index in [1.165, 1.54) is 0 Å². The van der Waals surface area contributed by atoms with Gasteiger partial charge in [-0.2, -0.15) is 0 Å². The molecule has 3 nitrogen and oxygen atoms in total. The summed E-state index contributed by atoms with van der Waals surface area (Å²) in [5, 5.41) is 0. The summed E-state index contributed by atoms with van der Waals surface area (Å²) in [6.45, 7) is -0.151. The SMILES string of the molecule is O=C(NOCc1ccccc1)c1c(F)c(F)c(F)c(F)c1F. The molecule has 0 radical (unpaired) electrons. The first kappa shape index (κ1) is 15.9. The molecule has 1 N–H and O–H groups in total. The standard InChI is InChI=1S/C14H8F5NO2/c15-9-8(10(16)12(18)13(19)11(9)17)14(21)20-22-6-7-4-2-1-3-5-7/h1-5H,6H2,(H,20,21). The smallest absolute Gasteiger partial charge is 0.269 e. The molecule has 2 rings (SSSR count). The minimum Gasteiger partial charge on any atom is -0.269 e. The van der Waals surface area contributed by atoms with Crippen LogP contribution < -0.4 is 5.48 Å². The Kier molecular flexibility index (Phi) is 4.71. The van der Waals surface area contributed by atoms with Crippen molar-refractivity contribution in [3.63, 3.8) is 0 Å². The van der Waals surface area contributed by atoms with Crippen molar-refractivity contribution >= 4 is 5.91 Å². The van der Waals surface area contributed by atoms with Crippen LogP contribution in [0.5, 0.6) is 0 Å². The van der Waals surface area contributed by atoms with Crippen molar-refractivity contribution in [3.05, 3.63) is 70.5 Å². The molecule has 2 aromatic carbocycles. The molecule has 0 spiro atoms. The van der Waals surface area contributed by atoms with Gasteiger partial charge in [0.1, 0.15) is 5.56 Å². The Balaban J connectivity index is 2.13. The third-order valence-corrected chi connectivity index (χ3v) is 2.68. The molecule has 116 valence electrons. The van der Waals surface area contributed by atoms with Crippen LogP contribution in [0.4, 0.5) is 22.0 Å². The van der Waals surface area contributed by atoms with Crippen LogP contribution >= 0.6 is 0 Å². The Hall–Kier alpha value is -2.48. The molecule has 0 unspecified atom stereocenters. The van der Waals surface area contributed by atoms with Gasteiger partial charge < -0.3 is 0 Å². The average molecular weight is 317 g/mol. The van der Waals surface area contributed by atoms with Gasteiger partial charge in [0.05, 0.1) is 6.61 Å². The van der Waals surface area contributed by atoms with Crippen LogP contribution in [-0.4, -0.2) is 5.91 Å². The van der Waals surface area contributed by atoms with E-state index in [0.717, 1.165) is 0 Å². The highest BCUT2D eigenvalue weighted by atomic mass is 19.2. The Morgan fingerprint density at radius 3 is 1.91 bits per heavy atom. The average Bonchev–Trinajstić information content (AvgIpc) is 2.52. The van der Waals surface area contributed by atoms with E-state index >= 15 is 0 Å². The molecule has 0 aliphatic heterocycles. The van der Waals surface area contributed by atoms with E-state index in [1.54, 1.807) is 35.8 Å². The van der Waals surface area contributed by atoms with Gasteiger partial charge in [-0.15, -0.1) is 0 Å². The maximum atomic E-state index is 13.4. The number of carbonyl (C=O) groups excluding carboxylic acids is 1. The molecule has 0 aromatic heterocycles. The number of hydrogen-bond acceptors (Lipinski definition) is 2. The van der Waals surface area contributed by atoms with Crippen molar-refractivity contribution in [2.45, 2.75) is 6.61 Å². The highest BCUT2D eigenvalue weighted by molar-refractivity contribution is 5.94. The van der Waals surface area contributed by atoms with Crippen molar-refractivity contribution < 1.29 is 31.6 Å². The zero-order chi connectivity index (χ0) is 16.3. The first-order valence-electron chi connectivity index (χ1n) is 5.91. The van der Waals surface area contributed by atoms with E-state index in [-0.39, 0.29) is 6.61 Å². The van der Waals surface area contributed by atoms with Crippen molar-refractivity contribution in [2.24, 2.45) is 0 Å². The van der Waals surface area contributed by atoms with Crippen LogP contribution in [0.15, 0.2) is 30.3 Å². The molecular weight excluding hydrogens is 309 g/mol. The van der Waals surface area contributed by atoms with E-state index in [2.05, 4.69) is 4.84 Å². The number of amides is 1. The summed E-state index contributed by atoms with van der Waals surface area (Å²) < 4.78 is 65.5. The first-order chi connectivity index (χ1) is 10.4. The minimum absolute atomic E-state index is 0.151. The maximum Gasteiger partial charge on any atom is 0.281 e. The second-order valence-electron chi connectivity index (χ2n) is 4.15. The Morgan fingerprint density at radius 1 is 0.864 bits per heavy atom. The fraction of sp³-hybridized carbons (Fsp3) is 0.0714. The normalized spacial score (nSPS) is 10.6. The molecule has 0 fully saturated rings. The molecule has 0 bridgehead atoms. The van der Waals surface area contributed by atoms with Gasteiger partial charge in [-0.3, -0.25) is 9.63 Å². The van der Waals surface area contributed by atoms with Crippen molar-refractivity contribution in [2.75, 3.05) is 0 Å². The van der Waals surface area contributed by atoms with Crippen LogP contribution in [0.2, 0.25) is 0 Å².